The molecular formula is C21H12Br2FN3OS. The maximum absolute atomic E-state index is 13.2. The number of carbonyl (C=O) groups is 1. The largest absolute Gasteiger partial charge is 0.280 e. The molecule has 4 aromatic rings. The van der Waals surface area contributed by atoms with Crippen molar-refractivity contribution in [2.24, 2.45) is 5.10 Å². The Morgan fingerprint density at radius 1 is 1.00 bits per heavy atom. The number of benzene rings is 3. The molecule has 4 rings (SSSR count). The van der Waals surface area contributed by atoms with Gasteiger partial charge in [-0.3, -0.25) is 4.79 Å². The minimum atomic E-state index is -0.332. The molecule has 0 unspecified atom stereocenters. The lowest BCUT2D eigenvalue weighted by molar-refractivity contribution is 0.0988. The number of hydrazone groups is 1. The van der Waals surface area contributed by atoms with Gasteiger partial charge >= 0.3 is 0 Å². The number of hydrogen-bond acceptors (Lipinski definition) is 4. The maximum Gasteiger partial charge on any atom is 0.280 e. The van der Waals surface area contributed by atoms with Crippen LogP contribution in [0.25, 0.3) is 10.2 Å². The highest BCUT2D eigenvalue weighted by atomic mass is 79.9. The third kappa shape index (κ3) is 4.60. The number of amides is 1. The first-order valence-electron chi connectivity index (χ1n) is 8.45. The lowest BCUT2D eigenvalue weighted by Gasteiger charge is -2.14. The fourth-order valence-electron chi connectivity index (χ4n) is 2.55. The van der Waals surface area contributed by atoms with Crippen molar-refractivity contribution in [1.82, 2.24) is 4.98 Å². The molecule has 0 saturated heterocycles. The predicted molar refractivity (Wildman–Crippen MR) is 122 cm³/mol. The second-order valence-electron chi connectivity index (χ2n) is 6.03. The molecule has 4 nitrogen and oxygen atoms in total. The van der Waals surface area contributed by atoms with Gasteiger partial charge in [0.2, 0.25) is 5.13 Å². The van der Waals surface area contributed by atoms with Crippen LogP contribution in [0.3, 0.4) is 0 Å². The van der Waals surface area contributed by atoms with E-state index >= 15 is 0 Å². The molecule has 0 aliphatic rings. The number of anilines is 1. The van der Waals surface area contributed by atoms with Gasteiger partial charge in [-0.05, 0) is 60.2 Å². The van der Waals surface area contributed by atoms with Gasteiger partial charge in [-0.25, -0.2) is 9.37 Å². The smallest absolute Gasteiger partial charge is 0.267 e. The summed E-state index contributed by atoms with van der Waals surface area (Å²) < 4.78 is 15.9. The minimum absolute atomic E-state index is 0.311. The minimum Gasteiger partial charge on any atom is -0.267 e. The van der Waals surface area contributed by atoms with Crippen molar-refractivity contribution < 1.29 is 9.18 Å². The number of rotatable bonds is 4. The molecule has 0 aliphatic heterocycles. The Morgan fingerprint density at radius 2 is 1.69 bits per heavy atom. The van der Waals surface area contributed by atoms with E-state index in [2.05, 4.69) is 41.9 Å². The number of carbonyl (C=O) groups excluding carboxylic acids is 1. The normalized spacial score (nSPS) is 11.3. The van der Waals surface area contributed by atoms with Crippen LogP contribution in [0.5, 0.6) is 0 Å². The molecule has 0 saturated carbocycles. The van der Waals surface area contributed by atoms with Crippen molar-refractivity contribution >= 4 is 70.7 Å². The molecule has 29 heavy (non-hydrogen) atoms. The molecular weight excluding hydrogens is 521 g/mol. The van der Waals surface area contributed by atoms with Crippen LogP contribution in [0.15, 0.2) is 80.8 Å². The van der Waals surface area contributed by atoms with Crippen molar-refractivity contribution in [1.29, 1.82) is 0 Å². The summed E-state index contributed by atoms with van der Waals surface area (Å²) in [6.07, 6.45) is 1.51. The Balaban J connectivity index is 1.75. The predicted octanol–water partition coefficient (Wildman–Crippen LogP) is 6.64. The zero-order valence-corrected chi connectivity index (χ0v) is 18.7. The lowest BCUT2D eigenvalue weighted by Crippen LogP contribution is -2.25. The van der Waals surface area contributed by atoms with Crippen molar-refractivity contribution in [2.75, 3.05) is 5.01 Å². The fourth-order valence-corrected chi connectivity index (χ4v) is 4.29. The molecule has 3 aromatic carbocycles. The molecule has 0 radical (unpaired) electrons. The summed E-state index contributed by atoms with van der Waals surface area (Å²) in [5, 5.41) is 6.09. The fraction of sp³-hybridized carbons (Fsp3) is 0. The zero-order chi connectivity index (χ0) is 20.4. The first-order chi connectivity index (χ1) is 14.0. The van der Waals surface area contributed by atoms with Crippen LogP contribution < -0.4 is 5.01 Å². The van der Waals surface area contributed by atoms with E-state index in [9.17, 15) is 9.18 Å². The summed E-state index contributed by atoms with van der Waals surface area (Å²) in [6, 6.07) is 18.6. The third-order valence-corrected chi connectivity index (χ3v) is 6.01. The summed E-state index contributed by atoms with van der Waals surface area (Å²) in [5.41, 5.74) is 1.92. The van der Waals surface area contributed by atoms with Gasteiger partial charge in [0.15, 0.2) is 0 Å². The monoisotopic (exact) mass is 531 g/mol. The van der Waals surface area contributed by atoms with E-state index < -0.39 is 0 Å². The van der Waals surface area contributed by atoms with Gasteiger partial charge < -0.3 is 0 Å². The number of aromatic nitrogens is 1. The van der Waals surface area contributed by atoms with Crippen LogP contribution in [0, 0.1) is 5.82 Å². The SMILES string of the molecule is O=C(c1ccc(Br)cc1)N(/N=C/c1ccc(F)cc1)c1nc2ccc(Br)cc2s1. The Labute approximate surface area is 187 Å². The molecule has 0 aliphatic carbocycles. The second-order valence-corrected chi connectivity index (χ2v) is 8.87. The van der Waals surface area contributed by atoms with Gasteiger partial charge in [0, 0.05) is 14.5 Å². The van der Waals surface area contributed by atoms with Crippen LogP contribution in [0.1, 0.15) is 15.9 Å². The van der Waals surface area contributed by atoms with Crippen LogP contribution >= 0.6 is 43.2 Å². The molecule has 1 aromatic heterocycles. The standard InChI is InChI=1S/C21H12Br2FN3OS/c22-15-5-3-14(4-6-15)20(28)27(25-12-13-1-8-17(24)9-2-13)21-26-18-10-7-16(23)11-19(18)29-21/h1-12H/b25-12+. The number of nitrogens with zero attached hydrogens (tertiary/aromatic N) is 3. The van der Waals surface area contributed by atoms with Crippen LogP contribution in [-0.2, 0) is 0 Å². The Kier molecular flexibility index (Phi) is 5.84. The molecule has 0 bridgehead atoms. The highest BCUT2D eigenvalue weighted by Crippen LogP contribution is 2.32. The van der Waals surface area contributed by atoms with Crippen LogP contribution in [0.2, 0.25) is 0 Å². The average Bonchev–Trinajstić information content (AvgIpc) is 3.12. The molecule has 0 spiro atoms. The molecule has 144 valence electrons. The van der Waals surface area contributed by atoms with Gasteiger partial charge in [0.25, 0.3) is 5.91 Å². The van der Waals surface area contributed by atoms with E-state index in [0.717, 1.165) is 19.2 Å². The van der Waals surface area contributed by atoms with Crippen molar-refractivity contribution in [3.63, 3.8) is 0 Å². The topological polar surface area (TPSA) is 45.6 Å². The van der Waals surface area contributed by atoms with E-state index in [1.54, 1.807) is 36.4 Å². The van der Waals surface area contributed by atoms with E-state index in [4.69, 9.17) is 0 Å². The molecule has 0 fully saturated rings. The van der Waals surface area contributed by atoms with E-state index in [1.807, 2.05) is 18.2 Å². The Bertz CT molecular complexity index is 1210. The first-order valence-corrected chi connectivity index (χ1v) is 10.9. The Morgan fingerprint density at radius 3 is 2.41 bits per heavy atom. The van der Waals surface area contributed by atoms with Crippen LogP contribution in [-0.4, -0.2) is 17.1 Å². The van der Waals surface area contributed by atoms with Gasteiger partial charge in [0.1, 0.15) is 5.82 Å². The summed E-state index contributed by atoms with van der Waals surface area (Å²) >= 11 is 8.19. The third-order valence-electron chi connectivity index (χ3n) is 4.00. The quantitative estimate of drug-likeness (QED) is 0.218. The summed E-state index contributed by atoms with van der Waals surface area (Å²) in [6.45, 7) is 0. The molecule has 8 heteroatoms. The molecule has 0 atom stereocenters. The number of fused-ring (bicyclic) bond motifs is 1. The van der Waals surface area contributed by atoms with E-state index in [-0.39, 0.29) is 11.7 Å². The summed E-state index contributed by atoms with van der Waals surface area (Å²) in [5.74, 6) is -0.643. The summed E-state index contributed by atoms with van der Waals surface area (Å²) in [4.78, 5) is 17.7. The zero-order valence-electron chi connectivity index (χ0n) is 14.7. The highest BCUT2D eigenvalue weighted by molar-refractivity contribution is 9.10. The number of thiazole rings is 1. The second kappa shape index (κ2) is 8.52. The lowest BCUT2D eigenvalue weighted by atomic mass is 10.2. The molecule has 1 heterocycles. The van der Waals surface area contributed by atoms with E-state index in [0.29, 0.717) is 16.3 Å². The van der Waals surface area contributed by atoms with Crippen LogP contribution in [0.4, 0.5) is 9.52 Å². The number of hydrogen-bond donors (Lipinski definition) is 0. The van der Waals surface area contributed by atoms with Crippen molar-refractivity contribution in [3.8, 4) is 0 Å². The van der Waals surface area contributed by atoms with Crippen molar-refractivity contribution in [3.05, 3.63) is 92.6 Å². The average molecular weight is 533 g/mol. The van der Waals surface area contributed by atoms with Crippen molar-refractivity contribution in [2.45, 2.75) is 0 Å². The Hall–Kier alpha value is -2.42. The number of halogens is 3. The highest BCUT2D eigenvalue weighted by Gasteiger charge is 2.21. The van der Waals surface area contributed by atoms with Gasteiger partial charge in [-0.1, -0.05) is 55.3 Å². The van der Waals surface area contributed by atoms with Gasteiger partial charge in [-0.15, -0.1) is 0 Å². The van der Waals surface area contributed by atoms with E-state index in [1.165, 1.54) is 34.7 Å². The molecule has 1 amide bonds. The maximum atomic E-state index is 13.2. The summed E-state index contributed by atoms with van der Waals surface area (Å²) in [7, 11) is 0. The van der Waals surface area contributed by atoms with Gasteiger partial charge in [-0.2, -0.15) is 10.1 Å². The first kappa shape index (κ1) is 19.9. The molecule has 0 N–H and O–H groups in total. The van der Waals surface area contributed by atoms with Gasteiger partial charge in [0.05, 0.1) is 16.4 Å².